The lowest BCUT2D eigenvalue weighted by atomic mass is 9.82. The molecule has 1 saturated heterocycles. The van der Waals surface area contributed by atoms with Crippen molar-refractivity contribution in [2.45, 2.75) is 70.0 Å². The number of aryl methyl sites for hydroxylation is 1. The smallest absolute Gasteiger partial charge is 0.0676 e. The molecule has 0 bridgehead atoms. The fourth-order valence-corrected chi connectivity index (χ4v) is 4.66. The first-order chi connectivity index (χ1) is 10.3. The lowest BCUT2D eigenvalue weighted by Crippen LogP contribution is -2.56. The van der Waals surface area contributed by atoms with E-state index in [1.54, 1.807) is 0 Å². The second-order valence-electron chi connectivity index (χ2n) is 6.65. The summed E-state index contributed by atoms with van der Waals surface area (Å²) in [7, 11) is 2.13. The quantitative estimate of drug-likeness (QED) is 0.905. The zero-order valence-corrected chi connectivity index (χ0v) is 13.6. The number of hydrogen-bond donors (Lipinski definition) is 1. The highest BCUT2D eigenvalue weighted by Crippen LogP contribution is 2.45. The van der Waals surface area contributed by atoms with E-state index < -0.39 is 0 Å². The van der Waals surface area contributed by atoms with E-state index in [4.69, 9.17) is 0 Å². The summed E-state index contributed by atoms with van der Waals surface area (Å²) < 4.78 is 2.17. The van der Waals surface area contributed by atoms with Gasteiger partial charge < -0.3 is 5.32 Å². The SMILES string of the molecule is CCn1nccc1C(NC)C1(N2CCCCC2)CCCC1. The number of nitrogens with one attached hydrogen (secondary N) is 1. The summed E-state index contributed by atoms with van der Waals surface area (Å²) in [6.07, 6.45) is 11.5. The van der Waals surface area contributed by atoms with Gasteiger partial charge in [0.05, 0.1) is 11.7 Å². The molecule has 2 fully saturated rings. The van der Waals surface area contributed by atoms with Crippen LogP contribution in [0.3, 0.4) is 0 Å². The van der Waals surface area contributed by atoms with Crippen LogP contribution in [0.15, 0.2) is 12.3 Å². The molecule has 1 N–H and O–H groups in total. The minimum absolute atomic E-state index is 0.308. The molecule has 118 valence electrons. The number of piperidine rings is 1. The molecule has 1 aromatic rings. The Bertz CT molecular complexity index is 441. The predicted octanol–water partition coefficient (Wildman–Crippen LogP) is 2.96. The van der Waals surface area contributed by atoms with Crippen molar-refractivity contribution < 1.29 is 0 Å². The first-order valence-electron chi connectivity index (χ1n) is 8.76. The number of rotatable bonds is 5. The van der Waals surface area contributed by atoms with Gasteiger partial charge in [0.1, 0.15) is 0 Å². The summed E-state index contributed by atoms with van der Waals surface area (Å²) >= 11 is 0. The zero-order chi connectivity index (χ0) is 14.7. The number of likely N-dealkylation sites (tertiary alicyclic amines) is 1. The Morgan fingerprint density at radius 1 is 1.19 bits per heavy atom. The Kier molecular flexibility index (Phi) is 4.65. The predicted molar refractivity (Wildman–Crippen MR) is 86.3 cm³/mol. The Labute approximate surface area is 128 Å². The minimum Gasteiger partial charge on any atom is -0.310 e. The third kappa shape index (κ3) is 2.64. The van der Waals surface area contributed by atoms with E-state index in [0.717, 1.165) is 6.54 Å². The van der Waals surface area contributed by atoms with Gasteiger partial charge in [-0.05, 0) is 58.8 Å². The summed E-state index contributed by atoms with van der Waals surface area (Å²) in [5.41, 5.74) is 1.68. The average molecular weight is 290 g/mol. The van der Waals surface area contributed by atoms with Crippen molar-refractivity contribution in [1.29, 1.82) is 0 Å². The summed E-state index contributed by atoms with van der Waals surface area (Å²) in [6.45, 7) is 5.69. The second-order valence-corrected chi connectivity index (χ2v) is 6.65. The van der Waals surface area contributed by atoms with Gasteiger partial charge in [-0.25, -0.2) is 0 Å². The maximum atomic E-state index is 4.51. The van der Waals surface area contributed by atoms with E-state index in [1.807, 2.05) is 6.20 Å². The second kappa shape index (κ2) is 6.49. The van der Waals surface area contributed by atoms with Gasteiger partial charge in [0.2, 0.25) is 0 Å². The Balaban J connectivity index is 1.94. The molecule has 0 spiro atoms. The van der Waals surface area contributed by atoms with E-state index in [1.165, 1.54) is 63.7 Å². The lowest BCUT2D eigenvalue weighted by Gasteiger charge is -2.48. The number of hydrogen-bond acceptors (Lipinski definition) is 3. The third-order valence-corrected chi connectivity index (χ3v) is 5.63. The van der Waals surface area contributed by atoms with Crippen LogP contribution >= 0.6 is 0 Å². The molecule has 1 saturated carbocycles. The first-order valence-corrected chi connectivity index (χ1v) is 8.76. The highest BCUT2D eigenvalue weighted by molar-refractivity contribution is 5.17. The standard InChI is InChI=1S/C17H30N4/c1-3-21-15(9-12-19-21)16(18-2)17(10-5-6-11-17)20-13-7-4-8-14-20/h9,12,16,18H,3-8,10-11,13-14H2,1-2H3. The van der Waals surface area contributed by atoms with Gasteiger partial charge in [-0.2, -0.15) is 5.10 Å². The minimum atomic E-state index is 0.308. The van der Waals surface area contributed by atoms with Crippen molar-refractivity contribution in [2.75, 3.05) is 20.1 Å². The van der Waals surface area contributed by atoms with Gasteiger partial charge in [-0.3, -0.25) is 9.58 Å². The summed E-state index contributed by atoms with van der Waals surface area (Å²) in [5, 5.41) is 8.17. The maximum absolute atomic E-state index is 4.51. The molecule has 1 aliphatic carbocycles. The number of nitrogens with zero attached hydrogens (tertiary/aromatic N) is 3. The van der Waals surface area contributed by atoms with Gasteiger partial charge in [0.25, 0.3) is 0 Å². The molecule has 2 heterocycles. The molecule has 4 heteroatoms. The van der Waals surface area contributed by atoms with E-state index in [9.17, 15) is 0 Å². The monoisotopic (exact) mass is 290 g/mol. The van der Waals surface area contributed by atoms with Crippen LogP contribution in [0.4, 0.5) is 0 Å². The molecule has 1 aliphatic heterocycles. The topological polar surface area (TPSA) is 33.1 Å². The van der Waals surface area contributed by atoms with Crippen LogP contribution < -0.4 is 5.32 Å². The normalized spacial score (nSPS) is 24.3. The molecule has 1 unspecified atom stereocenters. The van der Waals surface area contributed by atoms with Gasteiger partial charge in [0, 0.05) is 18.3 Å². The molecule has 1 aromatic heterocycles. The largest absolute Gasteiger partial charge is 0.310 e. The summed E-state index contributed by atoms with van der Waals surface area (Å²) in [6, 6.07) is 2.62. The maximum Gasteiger partial charge on any atom is 0.0676 e. The van der Waals surface area contributed by atoms with Crippen molar-refractivity contribution in [3.05, 3.63) is 18.0 Å². The van der Waals surface area contributed by atoms with Crippen LogP contribution in [0.5, 0.6) is 0 Å². The van der Waals surface area contributed by atoms with Crippen molar-refractivity contribution in [2.24, 2.45) is 0 Å². The molecule has 2 aliphatic rings. The Morgan fingerprint density at radius 3 is 2.52 bits per heavy atom. The Hall–Kier alpha value is -0.870. The molecule has 0 amide bonds. The Morgan fingerprint density at radius 2 is 1.90 bits per heavy atom. The van der Waals surface area contributed by atoms with Crippen molar-refractivity contribution in [3.8, 4) is 0 Å². The van der Waals surface area contributed by atoms with E-state index in [2.05, 4.69) is 40.0 Å². The molecule has 1 atom stereocenters. The fourth-order valence-electron chi connectivity index (χ4n) is 4.66. The summed E-state index contributed by atoms with van der Waals surface area (Å²) in [5.74, 6) is 0. The van der Waals surface area contributed by atoms with Gasteiger partial charge in [-0.1, -0.05) is 19.3 Å². The highest BCUT2D eigenvalue weighted by atomic mass is 15.3. The lowest BCUT2D eigenvalue weighted by molar-refractivity contribution is 0.0357. The highest BCUT2D eigenvalue weighted by Gasteiger charge is 2.47. The number of aromatic nitrogens is 2. The van der Waals surface area contributed by atoms with E-state index >= 15 is 0 Å². The molecular formula is C17H30N4. The van der Waals surface area contributed by atoms with Crippen LogP contribution in [-0.4, -0.2) is 40.4 Å². The van der Waals surface area contributed by atoms with Crippen LogP contribution in [-0.2, 0) is 6.54 Å². The molecule has 4 nitrogen and oxygen atoms in total. The molecule has 0 aromatic carbocycles. The fraction of sp³-hybridized carbons (Fsp3) is 0.824. The molecule has 3 rings (SSSR count). The first kappa shape index (κ1) is 15.0. The van der Waals surface area contributed by atoms with E-state index in [-0.39, 0.29) is 0 Å². The van der Waals surface area contributed by atoms with Crippen LogP contribution in [0.25, 0.3) is 0 Å². The van der Waals surface area contributed by atoms with Crippen LogP contribution in [0, 0.1) is 0 Å². The molecular weight excluding hydrogens is 260 g/mol. The zero-order valence-electron chi connectivity index (χ0n) is 13.6. The van der Waals surface area contributed by atoms with Gasteiger partial charge in [-0.15, -0.1) is 0 Å². The van der Waals surface area contributed by atoms with Crippen LogP contribution in [0.2, 0.25) is 0 Å². The van der Waals surface area contributed by atoms with Crippen molar-refractivity contribution in [1.82, 2.24) is 20.0 Å². The van der Waals surface area contributed by atoms with Crippen molar-refractivity contribution in [3.63, 3.8) is 0 Å². The van der Waals surface area contributed by atoms with Gasteiger partial charge >= 0.3 is 0 Å². The molecule has 0 radical (unpaired) electrons. The third-order valence-electron chi connectivity index (χ3n) is 5.63. The van der Waals surface area contributed by atoms with E-state index in [0.29, 0.717) is 11.6 Å². The number of likely N-dealkylation sites (N-methyl/N-ethyl adjacent to an activating group) is 1. The van der Waals surface area contributed by atoms with Crippen LogP contribution in [0.1, 0.15) is 63.6 Å². The summed E-state index contributed by atoms with van der Waals surface area (Å²) in [4.78, 5) is 2.80. The van der Waals surface area contributed by atoms with Crippen molar-refractivity contribution >= 4 is 0 Å². The average Bonchev–Trinajstić information content (AvgIpc) is 3.19. The molecule has 21 heavy (non-hydrogen) atoms. The van der Waals surface area contributed by atoms with Gasteiger partial charge in [0.15, 0.2) is 0 Å².